The van der Waals surface area contributed by atoms with Gasteiger partial charge in [0.05, 0.1) is 13.1 Å². The summed E-state index contributed by atoms with van der Waals surface area (Å²) in [6.07, 6.45) is 9.13. The first-order chi connectivity index (χ1) is 7.26. The number of aromatic nitrogens is 3. The van der Waals surface area contributed by atoms with Gasteiger partial charge in [0.2, 0.25) is 11.9 Å². The van der Waals surface area contributed by atoms with Gasteiger partial charge in [0.25, 0.3) is 0 Å². The van der Waals surface area contributed by atoms with Crippen molar-refractivity contribution in [1.29, 1.82) is 0 Å². The van der Waals surface area contributed by atoms with Gasteiger partial charge in [0.1, 0.15) is 0 Å². The first kappa shape index (κ1) is 10.7. The van der Waals surface area contributed by atoms with Crippen LogP contribution in [0.3, 0.4) is 0 Å². The summed E-state index contributed by atoms with van der Waals surface area (Å²) in [6, 6.07) is 0. The Morgan fingerprint density at radius 2 is 1.47 bits per heavy atom. The lowest BCUT2D eigenvalue weighted by Gasteiger charge is -2.03. The average Bonchev–Trinajstić information content (AvgIpc) is 2.23. The molecule has 1 aromatic heterocycles. The van der Waals surface area contributed by atoms with Gasteiger partial charge in [-0.15, -0.1) is 12.8 Å². The molecule has 2 N–H and O–H groups in total. The Labute approximate surface area is 86.5 Å². The zero-order valence-corrected chi connectivity index (χ0v) is 7.79. The predicted molar refractivity (Wildman–Crippen MR) is 54.4 cm³/mol. The van der Waals surface area contributed by atoms with Crippen molar-refractivity contribution in [3.63, 3.8) is 0 Å². The van der Waals surface area contributed by atoms with Crippen LogP contribution in [0, 0.1) is 30.8 Å². The number of terminal acetylenes is 2. The quantitative estimate of drug-likeness (QED) is 0.683. The SMILES string of the molecule is C#CCNc1nc(F)nc(NCC#C)n1. The number of rotatable bonds is 4. The first-order valence-electron chi connectivity index (χ1n) is 4.02. The van der Waals surface area contributed by atoms with E-state index < -0.39 is 6.08 Å². The van der Waals surface area contributed by atoms with Crippen LogP contribution in [0.15, 0.2) is 0 Å². The maximum atomic E-state index is 12.8. The van der Waals surface area contributed by atoms with E-state index in [-0.39, 0.29) is 25.0 Å². The molecule has 1 rings (SSSR count). The van der Waals surface area contributed by atoms with Crippen molar-refractivity contribution in [3.05, 3.63) is 6.08 Å². The second-order valence-corrected chi connectivity index (χ2v) is 2.37. The zero-order valence-electron chi connectivity index (χ0n) is 7.79. The van der Waals surface area contributed by atoms with Crippen molar-refractivity contribution in [3.8, 4) is 24.7 Å². The van der Waals surface area contributed by atoms with Crippen LogP contribution in [0.1, 0.15) is 0 Å². The molecule has 0 unspecified atom stereocenters. The number of anilines is 2. The van der Waals surface area contributed by atoms with Crippen LogP contribution in [0.2, 0.25) is 0 Å². The second-order valence-electron chi connectivity index (χ2n) is 2.37. The molecule has 0 aliphatic heterocycles. The highest BCUT2D eigenvalue weighted by Crippen LogP contribution is 2.03. The molecule has 0 radical (unpaired) electrons. The monoisotopic (exact) mass is 205 g/mol. The summed E-state index contributed by atoms with van der Waals surface area (Å²) in [7, 11) is 0. The van der Waals surface area contributed by atoms with Crippen molar-refractivity contribution in [2.45, 2.75) is 0 Å². The van der Waals surface area contributed by atoms with E-state index in [0.717, 1.165) is 0 Å². The Morgan fingerprint density at radius 3 is 1.87 bits per heavy atom. The van der Waals surface area contributed by atoms with Gasteiger partial charge in [-0.3, -0.25) is 0 Å². The molecule has 0 spiro atoms. The van der Waals surface area contributed by atoms with Crippen LogP contribution in [-0.4, -0.2) is 28.0 Å². The van der Waals surface area contributed by atoms with Crippen molar-refractivity contribution in [2.75, 3.05) is 23.7 Å². The highest BCUT2D eigenvalue weighted by atomic mass is 19.1. The summed E-state index contributed by atoms with van der Waals surface area (Å²) in [5.41, 5.74) is 0. The van der Waals surface area contributed by atoms with E-state index in [1.54, 1.807) is 0 Å². The largest absolute Gasteiger partial charge is 0.343 e. The summed E-state index contributed by atoms with van der Waals surface area (Å²) in [5.74, 6) is 4.76. The van der Waals surface area contributed by atoms with E-state index in [1.807, 2.05) is 0 Å². The number of nitrogens with zero attached hydrogens (tertiary/aromatic N) is 3. The topological polar surface area (TPSA) is 62.7 Å². The molecule has 0 saturated heterocycles. The fourth-order valence-electron chi connectivity index (χ4n) is 0.768. The maximum Gasteiger partial charge on any atom is 0.315 e. The normalized spacial score (nSPS) is 8.73. The maximum absolute atomic E-state index is 12.8. The summed E-state index contributed by atoms with van der Waals surface area (Å²) >= 11 is 0. The van der Waals surface area contributed by atoms with Crippen molar-refractivity contribution < 1.29 is 4.39 Å². The highest BCUT2D eigenvalue weighted by molar-refractivity contribution is 5.34. The molecule has 0 atom stereocenters. The molecule has 1 aromatic rings. The predicted octanol–water partition coefficient (Wildman–Crippen LogP) is 0.101. The molecule has 0 aliphatic carbocycles. The summed E-state index contributed by atoms with van der Waals surface area (Å²) in [4.78, 5) is 10.6. The molecule has 0 fully saturated rings. The first-order valence-corrected chi connectivity index (χ1v) is 4.02. The van der Waals surface area contributed by atoms with Crippen LogP contribution in [-0.2, 0) is 0 Å². The summed E-state index contributed by atoms with van der Waals surface area (Å²) in [5, 5.41) is 5.24. The van der Waals surface area contributed by atoms with E-state index in [0.29, 0.717) is 0 Å². The summed E-state index contributed by atoms with van der Waals surface area (Å²) in [6.45, 7) is 0.413. The Hall–Kier alpha value is -2.34. The van der Waals surface area contributed by atoms with Gasteiger partial charge >= 0.3 is 6.08 Å². The van der Waals surface area contributed by atoms with E-state index in [1.165, 1.54) is 0 Å². The standard InChI is InChI=1S/C9H8FN5/c1-3-5-11-8-13-7(10)14-9(15-8)12-6-4-2/h1-2H,5-6H2,(H2,11,12,13,14,15). The van der Waals surface area contributed by atoms with Crippen LogP contribution in [0.4, 0.5) is 16.3 Å². The number of halogens is 1. The number of nitrogens with one attached hydrogen (secondary N) is 2. The summed E-state index contributed by atoms with van der Waals surface area (Å²) < 4.78 is 12.8. The lowest BCUT2D eigenvalue weighted by Crippen LogP contribution is -2.10. The Morgan fingerprint density at radius 1 is 1.00 bits per heavy atom. The number of hydrogen-bond acceptors (Lipinski definition) is 5. The van der Waals surface area contributed by atoms with Gasteiger partial charge in [0, 0.05) is 0 Å². The van der Waals surface area contributed by atoms with Crippen LogP contribution in [0.5, 0.6) is 0 Å². The van der Waals surface area contributed by atoms with Gasteiger partial charge < -0.3 is 10.6 Å². The van der Waals surface area contributed by atoms with Crippen molar-refractivity contribution in [2.24, 2.45) is 0 Å². The third-order valence-corrected chi connectivity index (χ3v) is 1.31. The van der Waals surface area contributed by atoms with Crippen LogP contribution in [0.25, 0.3) is 0 Å². The molecule has 0 aromatic carbocycles. The molecule has 0 bridgehead atoms. The molecule has 76 valence electrons. The minimum atomic E-state index is -0.899. The lowest BCUT2D eigenvalue weighted by molar-refractivity contribution is 0.536. The third kappa shape index (κ3) is 3.49. The Bertz CT molecular complexity index is 381. The van der Waals surface area contributed by atoms with Gasteiger partial charge in [0.15, 0.2) is 0 Å². The molecular weight excluding hydrogens is 197 g/mol. The van der Waals surface area contributed by atoms with E-state index in [9.17, 15) is 4.39 Å². The molecule has 1 heterocycles. The highest BCUT2D eigenvalue weighted by Gasteiger charge is 2.03. The molecular formula is C9H8FN5. The minimum Gasteiger partial charge on any atom is -0.343 e. The molecule has 0 amide bonds. The van der Waals surface area contributed by atoms with Gasteiger partial charge in [-0.2, -0.15) is 19.3 Å². The van der Waals surface area contributed by atoms with Crippen LogP contribution >= 0.6 is 0 Å². The average molecular weight is 205 g/mol. The second kappa shape index (κ2) is 5.40. The molecule has 6 heteroatoms. The minimum absolute atomic E-state index is 0.0694. The van der Waals surface area contributed by atoms with Gasteiger partial charge in [-0.25, -0.2) is 0 Å². The van der Waals surface area contributed by atoms with Crippen molar-refractivity contribution >= 4 is 11.9 Å². The van der Waals surface area contributed by atoms with E-state index >= 15 is 0 Å². The van der Waals surface area contributed by atoms with E-state index in [4.69, 9.17) is 12.8 Å². The molecule has 0 saturated carbocycles. The fourth-order valence-corrected chi connectivity index (χ4v) is 0.768. The Kier molecular flexibility index (Phi) is 3.87. The van der Waals surface area contributed by atoms with Crippen LogP contribution < -0.4 is 10.6 Å². The fraction of sp³-hybridized carbons (Fsp3) is 0.222. The van der Waals surface area contributed by atoms with E-state index in [2.05, 4.69) is 37.4 Å². The zero-order chi connectivity index (χ0) is 11.1. The Balaban J connectivity index is 2.77. The van der Waals surface area contributed by atoms with Crippen molar-refractivity contribution in [1.82, 2.24) is 15.0 Å². The molecule has 5 nitrogen and oxygen atoms in total. The molecule has 0 aliphatic rings. The molecule has 15 heavy (non-hydrogen) atoms. The smallest absolute Gasteiger partial charge is 0.315 e. The lowest BCUT2D eigenvalue weighted by atomic mass is 10.6. The third-order valence-electron chi connectivity index (χ3n) is 1.31. The number of hydrogen-bond donors (Lipinski definition) is 2. The van der Waals surface area contributed by atoms with Gasteiger partial charge in [-0.05, 0) is 0 Å². The van der Waals surface area contributed by atoms with Gasteiger partial charge in [-0.1, -0.05) is 11.8 Å².